The van der Waals surface area contributed by atoms with Crippen molar-refractivity contribution in [2.24, 2.45) is 5.73 Å². The van der Waals surface area contributed by atoms with Gasteiger partial charge >= 0.3 is 0 Å². The van der Waals surface area contributed by atoms with Gasteiger partial charge in [0.2, 0.25) is 0 Å². The van der Waals surface area contributed by atoms with E-state index in [2.05, 4.69) is 26.0 Å². The predicted molar refractivity (Wildman–Crippen MR) is 74.0 cm³/mol. The number of aryl methyl sites for hydroxylation is 2. The zero-order valence-electron chi connectivity index (χ0n) is 10.9. The van der Waals surface area contributed by atoms with Crippen LogP contribution in [0.25, 0.3) is 0 Å². The van der Waals surface area contributed by atoms with E-state index in [0.29, 0.717) is 0 Å². The van der Waals surface area contributed by atoms with Crippen molar-refractivity contribution in [2.45, 2.75) is 42.8 Å². The SMILES string of the molecule is COc1cc(C)c(C)cc1SC1(CN)CCC1. The van der Waals surface area contributed by atoms with Gasteiger partial charge in [0.1, 0.15) is 5.75 Å². The monoisotopic (exact) mass is 251 g/mol. The lowest BCUT2D eigenvalue weighted by atomic mass is 9.84. The maximum Gasteiger partial charge on any atom is 0.132 e. The van der Waals surface area contributed by atoms with Gasteiger partial charge in [-0.2, -0.15) is 0 Å². The minimum Gasteiger partial charge on any atom is -0.496 e. The molecule has 1 saturated carbocycles. The molecule has 94 valence electrons. The first-order valence-corrected chi connectivity index (χ1v) is 6.96. The molecule has 0 heterocycles. The van der Waals surface area contributed by atoms with E-state index < -0.39 is 0 Å². The van der Waals surface area contributed by atoms with Crippen LogP contribution < -0.4 is 10.5 Å². The summed E-state index contributed by atoms with van der Waals surface area (Å²) in [7, 11) is 1.74. The van der Waals surface area contributed by atoms with Gasteiger partial charge < -0.3 is 10.5 Å². The van der Waals surface area contributed by atoms with Gasteiger partial charge in [-0.3, -0.25) is 0 Å². The maximum atomic E-state index is 5.91. The van der Waals surface area contributed by atoms with Crippen molar-refractivity contribution < 1.29 is 4.74 Å². The van der Waals surface area contributed by atoms with Crippen molar-refractivity contribution in [3.05, 3.63) is 23.3 Å². The molecule has 17 heavy (non-hydrogen) atoms. The van der Waals surface area contributed by atoms with Gasteiger partial charge in [-0.05, 0) is 49.9 Å². The van der Waals surface area contributed by atoms with Crippen LogP contribution in [-0.4, -0.2) is 18.4 Å². The molecule has 0 spiro atoms. The summed E-state index contributed by atoms with van der Waals surface area (Å²) in [6, 6.07) is 4.36. The Morgan fingerprint density at radius 2 is 1.94 bits per heavy atom. The second-order valence-corrected chi connectivity index (χ2v) is 6.44. The molecule has 0 aromatic heterocycles. The van der Waals surface area contributed by atoms with E-state index in [9.17, 15) is 0 Å². The zero-order chi connectivity index (χ0) is 12.5. The average Bonchev–Trinajstić information content (AvgIpc) is 2.27. The Bertz CT molecular complexity index is 407. The summed E-state index contributed by atoms with van der Waals surface area (Å²) < 4.78 is 5.74. The number of thioether (sulfide) groups is 1. The van der Waals surface area contributed by atoms with E-state index in [1.165, 1.54) is 35.3 Å². The minimum absolute atomic E-state index is 0.259. The fourth-order valence-electron chi connectivity index (χ4n) is 2.15. The molecule has 0 unspecified atom stereocenters. The topological polar surface area (TPSA) is 35.2 Å². The number of nitrogens with two attached hydrogens (primary N) is 1. The molecule has 1 fully saturated rings. The summed E-state index contributed by atoms with van der Waals surface area (Å²) in [6.07, 6.45) is 3.76. The van der Waals surface area contributed by atoms with Crippen LogP contribution in [-0.2, 0) is 0 Å². The summed E-state index contributed by atoms with van der Waals surface area (Å²) in [5.41, 5.74) is 8.51. The highest BCUT2D eigenvalue weighted by atomic mass is 32.2. The van der Waals surface area contributed by atoms with E-state index in [-0.39, 0.29) is 4.75 Å². The average molecular weight is 251 g/mol. The highest BCUT2D eigenvalue weighted by Crippen LogP contribution is 2.49. The predicted octanol–water partition coefficient (Wildman–Crippen LogP) is 3.29. The van der Waals surface area contributed by atoms with Crippen molar-refractivity contribution in [3.8, 4) is 5.75 Å². The van der Waals surface area contributed by atoms with Crippen molar-refractivity contribution in [1.29, 1.82) is 0 Å². The van der Waals surface area contributed by atoms with Crippen LogP contribution in [0.2, 0.25) is 0 Å². The second kappa shape index (κ2) is 4.91. The van der Waals surface area contributed by atoms with Gasteiger partial charge in [-0.1, -0.05) is 6.42 Å². The van der Waals surface area contributed by atoms with Gasteiger partial charge in [0.05, 0.1) is 12.0 Å². The summed E-state index contributed by atoms with van der Waals surface area (Å²) >= 11 is 1.90. The molecule has 0 bridgehead atoms. The van der Waals surface area contributed by atoms with Crippen molar-refractivity contribution in [2.75, 3.05) is 13.7 Å². The third-order valence-corrected chi connectivity index (χ3v) is 5.29. The van der Waals surface area contributed by atoms with Gasteiger partial charge in [0.15, 0.2) is 0 Å². The number of hydrogen-bond acceptors (Lipinski definition) is 3. The van der Waals surface area contributed by atoms with Gasteiger partial charge in [0.25, 0.3) is 0 Å². The number of methoxy groups -OCH3 is 1. The molecule has 1 aliphatic rings. The van der Waals surface area contributed by atoms with Crippen molar-refractivity contribution >= 4 is 11.8 Å². The lowest BCUT2D eigenvalue weighted by Gasteiger charge is -2.40. The second-order valence-electron chi connectivity index (χ2n) is 4.93. The van der Waals surface area contributed by atoms with E-state index in [4.69, 9.17) is 10.5 Å². The molecule has 0 atom stereocenters. The molecule has 0 radical (unpaired) electrons. The Kier molecular flexibility index (Phi) is 3.69. The van der Waals surface area contributed by atoms with Crippen LogP contribution in [0.4, 0.5) is 0 Å². The van der Waals surface area contributed by atoms with E-state index in [0.717, 1.165) is 12.3 Å². The van der Waals surface area contributed by atoms with Crippen molar-refractivity contribution in [3.63, 3.8) is 0 Å². The van der Waals surface area contributed by atoms with Crippen molar-refractivity contribution in [1.82, 2.24) is 0 Å². The maximum absolute atomic E-state index is 5.91. The van der Waals surface area contributed by atoms with Crippen LogP contribution in [0.1, 0.15) is 30.4 Å². The van der Waals surface area contributed by atoms with Crippen LogP contribution in [0.5, 0.6) is 5.75 Å². The van der Waals surface area contributed by atoms with E-state index >= 15 is 0 Å². The van der Waals surface area contributed by atoms with Crippen LogP contribution in [0.15, 0.2) is 17.0 Å². The van der Waals surface area contributed by atoms with Gasteiger partial charge in [-0.25, -0.2) is 0 Å². The zero-order valence-corrected chi connectivity index (χ0v) is 11.7. The van der Waals surface area contributed by atoms with Crippen LogP contribution in [0, 0.1) is 13.8 Å². The Hall–Kier alpha value is -0.670. The summed E-state index contributed by atoms with van der Waals surface area (Å²) in [5.74, 6) is 0.984. The largest absolute Gasteiger partial charge is 0.496 e. The summed E-state index contributed by atoms with van der Waals surface area (Å²) in [4.78, 5) is 1.24. The molecule has 2 N–H and O–H groups in total. The molecule has 1 aromatic rings. The highest BCUT2D eigenvalue weighted by molar-refractivity contribution is 8.00. The summed E-state index contributed by atoms with van der Waals surface area (Å²) in [6.45, 7) is 5.02. The molecule has 0 saturated heterocycles. The molecular formula is C14H21NOS. The highest BCUT2D eigenvalue weighted by Gasteiger charge is 2.37. The molecule has 0 amide bonds. The Morgan fingerprint density at radius 3 is 2.41 bits per heavy atom. The number of ether oxygens (including phenoxy) is 1. The molecule has 2 nitrogen and oxygen atoms in total. The standard InChI is InChI=1S/C14H21NOS/c1-10-7-12(16-3)13(8-11(10)2)17-14(9-15)5-4-6-14/h7-8H,4-6,9,15H2,1-3H3. The molecule has 0 aliphatic heterocycles. The van der Waals surface area contributed by atoms with Crippen LogP contribution in [0.3, 0.4) is 0 Å². The number of rotatable bonds is 4. The smallest absolute Gasteiger partial charge is 0.132 e. The first kappa shape index (κ1) is 12.8. The Balaban J connectivity index is 2.28. The Labute approximate surface area is 108 Å². The van der Waals surface area contributed by atoms with Gasteiger partial charge in [-0.15, -0.1) is 11.8 Å². The van der Waals surface area contributed by atoms with Crippen LogP contribution >= 0.6 is 11.8 Å². The summed E-state index contributed by atoms with van der Waals surface area (Å²) in [5, 5.41) is 0. The first-order valence-electron chi connectivity index (χ1n) is 6.14. The molecule has 1 aromatic carbocycles. The molecule has 1 aliphatic carbocycles. The number of benzene rings is 1. The fraction of sp³-hybridized carbons (Fsp3) is 0.571. The van der Waals surface area contributed by atoms with E-state index in [1.807, 2.05) is 11.8 Å². The fourth-order valence-corrected chi connectivity index (χ4v) is 3.68. The third kappa shape index (κ3) is 2.45. The third-order valence-electron chi connectivity index (χ3n) is 3.74. The lowest BCUT2D eigenvalue weighted by Crippen LogP contribution is -2.40. The minimum atomic E-state index is 0.259. The quantitative estimate of drug-likeness (QED) is 0.892. The number of hydrogen-bond donors (Lipinski definition) is 1. The Morgan fingerprint density at radius 1 is 1.29 bits per heavy atom. The molecular weight excluding hydrogens is 230 g/mol. The van der Waals surface area contributed by atoms with Gasteiger partial charge in [0, 0.05) is 11.3 Å². The molecule has 3 heteroatoms. The lowest BCUT2D eigenvalue weighted by molar-refractivity contribution is 0.368. The van der Waals surface area contributed by atoms with E-state index in [1.54, 1.807) is 7.11 Å². The normalized spacial score (nSPS) is 17.6. The molecule has 2 rings (SSSR count). The first-order chi connectivity index (χ1) is 8.10.